The van der Waals surface area contributed by atoms with Crippen molar-refractivity contribution in [3.05, 3.63) is 48.0 Å². The Morgan fingerprint density at radius 1 is 1.21 bits per heavy atom. The minimum absolute atomic E-state index is 0.0898. The summed E-state index contributed by atoms with van der Waals surface area (Å²) >= 11 is 0. The highest BCUT2D eigenvalue weighted by Gasteiger charge is 2.30. The SMILES string of the molecule is COCCOc1ncc(-c2ccc3c(n2)CN(c2cn[nH]c2)C3=O)cc1OC. The number of aromatic amines is 1. The zero-order valence-electron chi connectivity index (χ0n) is 15.5. The lowest BCUT2D eigenvalue weighted by Crippen LogP contribution is -2.22. The molecule has 0 aromatic carbocycles. The second kappa shape index (κ2) is 7.65. The Morgan fingerprint density at radius 3 is 2.86 bits per heavy atom. The lowest BCUT2D eigenvalue weighted by molar-refractivity contribution is 0.0996. The van der Waals surface area contributed by atoms with Crippen LogP contribution in [0.4, 0.5) is 5.69 Å². The highest BCUT2D eigenvalue weighted by molar-refractivity contribution is 6.09. The highest BCUT2D eigenvalue weighted by atomic mass is 16.5. The number of fused-ring (bicyclic) bond motifs is 1. The second-order valence-corrected chi connectivity index (χ2v) is 6.11. The molecule has 144 valence electrons. The van der Waals surface area contributed by atoms with Crippen LogP contribution in [0.5, 0.6) is 11.6 Å². The molecule has 0 saturated carbocycles. The van der Waals surface area contributed by atoms with Gasteiger partial charge in [0.1, 0.15) is 6.61 Å². The maximum Gasteiger partial charge on any atom is 0.260 e. The zero-order valence-corrected chi connectivity index (χ0v) is 15.5. The molecule has 0 atom stereocenters. The number of anilines is 1. The third-order valence-electron chi connectivity index (χ3n) is 4.41. The summed E-state index contributed by atoms with van der Waals surface area (Å²) in [5.41, 5.74) is 3.49. The molecule has 3 aromatic heterocycles. The van der Waals surface area contributed by atoms with Gasteiger partial charge in [-0.15, -0.1) is 0 Å². The van der Waals surface area contributed by atoms with Gasteiger partial charge in [-0.25, -0.2) is 4.98 Å². The molecule has 0 aliphatic carbocycles. The molecule has 1 aliphatic heterocycles. The number of H-pyrrole nitrogens is 1. The van der Waals surface area contributed by atoms with Crippen molar-refractivity contribution in [2.24, 2.45) is 0 Å². The van der Waals surface area contributed by atoms with Gasteiger partial charge in [0.2, 0.25) is 0 Å². The standard InChI is InChI=1S/C19H19N5O4/c1-26-5-6-28-18-17(27-2)7-12(8-20-18)15-4-3-14-16(23-15)11-24(19(14)25)13-9-21-22-10-13/h3-4,7-10H,5-6,11H2,1-2H3,(H,21,22). The summed E-state index contributed by atoms with van der Waals surface area (Å²) in [6, 6.07) is 5.40. The van der Waals surface area contributed by atoms with E-state index >= 15 is 0 Å². The first kappa shape index (κ1) is 17.9. The maximum atomic E-state index is 12.6. The van der Waals surface area contributed by atoms with Gasteiger partial charge in [0.15, 0.2) is 5.75 Å². The summed E-state index contributed by atoms with van der Waals surface area (Å²) < 4.78 is 15.9. The van der Waals surface area contributed by atoms with Crippen LogP contribution in [-0.4, -0.2) is 53.5 Å². The van der Waals surface area contributed by atoms with Crippen LogP contribution >= 0.6 is 0 Å². The van der Waals surface area contributed by atoms with Crippen LogP contribution < -0.4 is 14.4 Å². The quantitative estimate of drug-likeness (QED) is 0.625. The molecule has 0 unspecified atom stereocenters. The van der Waals surface area contributed by atoms with Gasteiger partial charge in [-0.2, -0.15) is 5.10 Å². The van der Waals surface area contributed by atoms with Crippen molar-refractivity contribution in [3.63, 3.8) is 0 Å². The minimum Gasteiger partial charge on any atom is -0.491 e. The van der Waals surface area contributed by atoms with Crippen LogP contribution in [0.3, 0.4) is 0 Å². The maximum absolute atomic E-state index is 12.6. The van der Waals surface area contributed by atoms with Gasteiger partial charge in [-0.05, 0) is 18.2 Å². The summed E-state index contributed by atoms with van der Waals surface area (Å²) in [6.45, 7) is 1.23. The molecule has 0 fully saturated rings. The highest BCUT2D eigenvalue weighted by Crippen LogP contribution is 2.32. The van der Waals surface area contributed by atoms with Gasteiger partial charge < -0.3 is 14.2 Å². The molecule has 1 aliphatic rings. The largest absolute Gasteiger partial charge is 0.491 e. The number of rotatable bonds is 7. The molecule has 4 heterocycles. The van der Waals surface area contributed by atoms with Crippen molar-refractivity contribution < 1.29 is 19.0 Å². The van der Waals surface area contributed by atoms with E-state index in [1.165, 1.54) is 0 Å². The van der Waals surface area contributed by atoms with E-state index in [1.807, 2.05) is 6.07 Å². The van der Waals surface area contributed by atoms with Gasteiger partial charge in [0, 0.05) is 25.1 Å². The van der Waals surface area contributed by atoms with Gasteiger partial charge in [0.25, 0.3) is 11.8 Å². The third kappa shape index (κ3) is 3.27. The van der Waals surface area contributed by atoms with E-state index in [9.17, 15) is 4.79 Å². The summed E-state index contributed by atoms with van der Waals surface area (Å²) in [6.07, 6.45) is 4.97. The lowest BCUT2D eigenvalue weighted by atomic mass is 10.1. The van der Waals surface area contributed by atoms with Crippen LogP contribution in [-0.2, 0) is 11.3 Å². The number of carbonyl (C=O) groups is 1. The molecule has 28 heavy (non-hydrogen) atoms. The van der Waals surface area contributed by atoms with Crippen molar-refractivity contribution in [2.75, 3.05) is 32.3 Å². The molecular formula is C19H19N5O4. The molecule has 0 saturated heterocycles. The normalized spacial score (nSPS) is 12.9. The van der Waals surface area contributed by atoms with Gasteiger partial charge >= 0.3 is 0 Å². The molecular weight excluding hydrogens is 362 g/mol. The molecule has 3 aromatic rings. The van der Waals surface area contributed by atoms with Crippen molar-refractivity contribution in [2.45, 2.75) is 6.54 Å². The third-order valence-corrected chi connectivity index (χ3v) is 4.41. The first-order chi connectivity index (χ1) is 13.7. The number of carbonyl (C=O) groups excluding carboxylic acids is 1. The molecule has 9 nitrogen and oxygen atoms in total. The van der Waals surface area contributed by atoms with E-state index in [0.717, 1.165) is 5.56 Å². The number of nitrogens with zero attached hydrogens (tertiary/aromatic N) is 4. The van der Waals surface area contributed by atoms with Crippen LogP contribution in [0.2, 0.25) is 0 Å². The van der Waals surface area contributed by atoms with E-state index in [2.05, 4.69) is 20.2 Å². The summed E-state index contributed by atoms with van der Waals surface area (Å²) in [7, 11) is 3.16. The lowest BCUT2D eigenvalue weighted by Gasteiger charge is -2.11. The van der Waals surface area contributed by atoms with Crippen molar-refractivity contribution in [1.29, 1.82) is 0 Å². The number of ether oxygens (including phenoxy) is 3. The van der Waals surface area contributed by atoms with Crippen molar-refractivity contribution in [3.8, 4) is 22.9 Å². The number of hydrogen-bond donors (Lipinski definition) is 1. The Hall–Kier alpha value is -3.46. The topological polar surface area (TPSA) is 102 Å². The zero-order chi connectivity index (χ0) is 19.5. The van der Waals surface area contributed by atoms with Crippen molar-refractivity contribution in [1.82, 2.24) is 20.2 Å². The number of aromatic nitrogens is 4. The van der Waals surface area contributed by atoms with E-state index in [0.29, 0.717) is 54.0 Å². The van der Waals surface area contributed by atoms with Crippen LogP contribution in [0, 0.1) is 0 Å². The van der Waals surface area contributed by atoms with Crippen LogP contribution in [0.25, 0.3) is 11.3 Å². The van der Waals surface area contributed by atoms with Crippen LogP contribution in [0.15, 0.2) is 36.8 Å². The summed E-state index contributed by atoms with van der Waals surface area (Å²) in [5, 5.41) is 6.62. The van der Waals surface area contributed by atoms with Crippen LogP contribution in [0.1, 0.15) is 16.1 Å². The molecule has 0 bridgehead atoms. The first-order valence-electron chi connectivity index (χ1n) is 8.68. The second-order valence-electron chi connectivity index (χ2n) is 6.11. The summed E-state index contributed by atoms with van der Waals surface area (Å²) in [4.78, 5) is 23.2. The minimum atomic E-state index is -0.0898. The number of methoxy groups -OCH3 is 2. The number of amides is 1. The van der Waals surface area contributed by atoms with Crippen molar-refractivity contribution >= 4 is 11.6 Å². The number of hydrogen-bond acceptors (Lipinski definition) is 7. The van der Waals surface area contributed by atoms with Gasteiger partial charge in [0.05, 0.1) is 49.1 Å². The monoisotopic (exact) mass is 381 g/mol. The first-order valence-corrected chi connectivity index (χ1v) is 8.68. The molecule has 9 heteroatoms. The van der Waals surface area contributed by atoms with E-state index in [-0.39, 0.29) is 5.91 Å². The number of nitrogens with one attached hydrogen (secondary N) is 1. The fraction of sp³-hybridized carbons (Fsp3) is 0.263. The predicted molar refractivity (Wildman–Crippen MR) is 100 cm³/mol. The molecule has 0 radical (unpaired) electrons. The Morgan fingerprint density at radius 2 is 2.11 bits per heavy atom. The Bertz CT molecular complexity index is 990. The van der Waals surface area contributed by atoms with E-state index in [4.69, 9.17) is 14.2 Å². The average Bonchev–Trinajstić information content (AvgIpc) is 3.36. The smallest absolute Gasteiger partial charge is 0.260 e. The fourth-order valence-electron chi connectivity index (χ4n) is 2.99. The Balaban J connectivity index is 1.60. The molecule has 1 N–H and O–H groups in total. The van der Waals surface area contributed by atoms with Gasteiger partial charge in [-0.1, -0.05) is 0 Å². The Labute approximate surface area is 161 Å². The molecule has 4 rings (SSSR count). The van der Waals surface area contributed by atoms with E-state index < -0.39 is 0 Å². The summed E-state index contributed by atoms with van der Waals surface area (Å²) in [5.74, 6) is 0.811. The molecule has 1 amide bonds. The average molecular weight is 381 g/mol. The van der Waals surface area contributed by atoms with Gasteiger partial charge in [-0.3, -0.25) is 19.8 Å². The Kier molecular flexibility index (Phi) is 4.90. The van der Waals surface area contributed by atoms with E-state index in [1.54, 1.807) is 49.8 Å². The molecule has 0 spiro atoms. The fourth-order valence-corrected chi connectivity index (χ4v) is 2.99. The number of pyridine rings is 2. The predicted octanol–water partition coefficient (Wildman–Crippen LogP) is 2.06.